The first-order valence-electron chi connectivity index (χ1n) is 8.66. The Bertz CT molecular complexity index is 628. The van der Waals surface area contributed by atoms with Crippen LogP contribution in [0.2, 0.25) is 0 Å². The highest BCUT2D eigenvalue weighted by atomic mass is 16.5. The molecule has 138 valence electrons. The molecule has 0 bridgehead atoms. The molecule has 25 heavy (non-hydrogen) atoms. The van der Waals surface area contributed by atoms with Crippen LogP contribution in [0.1, 0.15) is 44.2 Å². The van der Waals surface area contributed by atoms with E-state index in [1.54, 1.807) is 11.8 Å². The van der Waals surface area contributed by atoms with E-state index in [0.717, 1.165) is 5.56 Å². The van der Waals surface area contributed by atoms with Crippen molar-refractivity contribution >= 4 is 11.9 Å². The molecule has 0 radical (unpaired) electrons. The van der Waals surface area contributed by atoms with Crippen LogP contribution < -0.4 is 4.74 Å². The summed E-state index contributed by atoms with van der Waals surface area (Å²) < 4.78 is 11.1. The Hall–Kier alpha value is -2.08. The molecule has 2 rings (SSSR count). The molecular weight excluding hydrogens is 322 g/mol. The number of morpholine rings is 1. The molecule has 1 heterocycles. The summed E-state index contributed by atoms with van der Waals surface area (Å²) in [5.74, 6) is -0.0778. The maximum absolute atomic E-state index is 12.7. The molecule has 1 aromatic rings. The number of aliphatic carboxylic acids is 1. The van der Waals surface area contributed by atoms with E-state index >= 15 is 0 Å². The molecule has 1 aromatic carbocycles. The second-order valence-corrected chi connectivity index (χ2v) is 6.79. The van der Waals surface area contributed by atoms with E-state index in [1.165, 1.54) is 5.56 Å². The molecule has 0 saturated carbocycles. The van der Waals surface area contributed by atoms with Crippen LogP contribution in [0.25, 0.3) is 0 Å². The molecule has 1 N–H and O–H groups in total. The number of carbonyl (C=O) groups excluding carboxylic acids is 1. The highest BCUT2D eigenvalue weighted by molar-refractivity contribution is 5.82. The van der Waals surface area contributed by atoms with Crippen molar-refractivity contribution in [3.05, 3.63) is 29.3 Å². The van der Waals surface area contributed by atoms with Crippen LogP contribution in [-0.2, 0) is 14.3 Å². The van der Waals surface area contributed by atoms with Crippen molar-refractivity contribution in [1.29, 1.82) is 0 Å². The molecule has 0 aromatic heterocycles. The van der Waals surface area contributed by atoms with Gasteiger partial charge in [0.1, 0.15) is 5.75 Å². The van der Waals surface area contributed by atoms with Gasteiger partial charge in [-0.1, -0.05) is 19.9 Å². The number of carboxylic acid groups (broad SMARTS) is 1. The zero-order valence-electron chi connectivity index (χ0n) is 15.3. The van der Waals surface area contributed by atoms with Crippen molar-refractivity contribution in [1.82, 2.24) is 4.90 Å². The van der Waals surface area contributed by atoms with Gasteiger partial charge in [-0.05, 0) is 43.0 Å². The van der Waals surface area contributed by atoms with Gasteiger partial charge < -0.3 is 19.5 Å². The predicted octanol–water partition coefficient (Wildman–Crippen LogP) is 2.59. The summed E-state index contributed by atoms with van der Waals surface area (Å²) in [6.07, 6.45) is -0.806. The summed E-state index contributed by atoms with van der Waals surface area (Å²) in [6.45, 7) is 9.03. The number of carboxylic acids is 1. The topological polar surface area (TPSA) is 76.1 Å². The fourth-order valence-electron chi connectivity index (χ4n) is 3.17. The molecule has 1 amide bonds. The first-order chi connectivity index (χ1) is 11.8. The van der Waals surface area contributed by atoms with Gasteiger partial charge in [-0.2, -0.15) is 0 Å². The summed E-state index contributed by atoms with van der Waals surface area (Å²) in [5, 5.41) is 9.02. The first-order valence-corrected chi connectivity index (χ1v) is 8.66. The quantitative estimate of drug-likeness (QED) is 0.854. The maximum Gasteiger partial charge on any atom is 0.305 e. The van der Waals surface area contributed by atoms with Crippen LogP contribution in [0.3, 0.4) is 0 Å². The van der Waals surface area contributed by atoms with E-state index in [1.807, 2.05) is 25.1 Å². The Labute approximate surface area is 148 Å². The summed E-state index contributed by atoms with van der Waals surface area (Å²) in [6, 6.07) is 5.39. The van der Waals surface area contributed by atoms with Gasteiger partial charge in [-0.15, -0.1) is 0 Å². The minimum absolute atomic E-state index is 0.124. The van der Waals surface area contributed by atoms with E-state index in [4.69, 9.17) is 14.6 Å². The van der Waals surface area contributed by atoms with E-state index in [9.17, 15) is 9.59 Å². The fraction of sp³-hybridized carbons (Fsp3) is 0.579. The Morgan fingerprint density at radius 2 is 2.08 bits per heavy atom. The number of hydrogen-bond acceptors (Lipinski definition) is 4. The molecule has 1 aliphatic rings. The molecule has 1 aliphatic heterocycles. The van der Waals surface area contributed by atoms with E-state index in [-0.39, 0.29) is 18.9 Å². The molecule has 0 aliphatic carbocycles. The van der Waals surface area contributed by atoms with E-state index in [2.05, 4.69) is 13.8 Å². The summed E-state index contributed by atoms with van der Waals surface area (Å²) in [5.41, 5.74) is 2.38. The largest absolute Gasteiger partial charge is 0.481 e. The van der Waals surface area contributed by atoms with Crippen LogP contribution in [0.5, 0.6) is 5.75 Å². The van der Waals surface area contributed by atoms with Gasteiger partial charge in [-0.25, -0.2) is 0 Å². The summed E-state index contributed by atoms with van der Waals surface area (Å²) >= 11 is 0. The lowest BCUT2D eigenvalue weighted by Crippen LogP contribution is -2.53. The molecule has 1 fully saturated rings. The van der Waals surface area contributed by atoms with Crippen LogP contribution in [0.4, 0.5) is 0 Å². The van der Waals surface area contributed by atoms with Gasteiger partial charge in [0.15, 0.2) is 6.10 Å². The average molecular weight is 349 g/mol. The monoisotopic (exact) mass is 349 g/mol. The Morgan fingerprint density at radius 3 is 2.68 bits per heavy atom. The minimum atomic E-state index is -0.943. The van der Waals surface area contributed by atoms with Crippen molar-refractivity contribution < 1.29 is 24.2 Å². The number of carbonyl (C=O) groups is 2. The number of rotatable bonds is 6. The Morgan fingerprint density at radius 1 is 1.36 bits per heavy atom. The highest BCUT2D eigenvalue weighted by Crippen LogP contribution is 2.24. The van der Waals surface area contributed by atoms with Gasteiger partial charge >= 0.3 is 5.97 Å². The summed E-state index contributed by atoms with van der Waals surface area (Å²) in [7, 11) is 0. The van der Waals surface area contributed by atoms with Gasteiger partial charge in [0.2, 0.25) is 0 Å². The molecule has 2 unspecified atom stereocenters. The Kier molecular flexibility index (Phi) is 6.42. The number of amides is 1. The maximum atomic E-state index is 12.7. The van der Waals surface area contributed by atoms with Crippen LogP contribution in [0.15, 0.2) is 18.2 Å². The third kappa shape index (κ3) is 4.95. The van der Waals surface area contributed by atoms with Crippen molar-refractivity contribution in [2.45, 2.75) is 52.2 Å². The van der Waals surface area contributed by atoms with Crippen LogP contribution >= 0.6 is 0 Å². The second kappa shape index (κ2) is 8.34. The third-order valence-corrected chi connectivity index (χ3v) is 4.44. The number of nitrogens with zero attached hydrogens (tertiary/aromatic N) is 1. The standard InChI is InChI=1S/C19H27NO5/c1-12(2)17-6-5-16(9-13(17)3)25-14(4)19(23)20-7-8-24-11-15(20)10-18(21)22/h5-6,9,12,14-15H,7-8,10-11H2,1-4H3,(H,21,22). The van der Waals surface area contributed by atoms with Crippen molar-refractivity contribution in [3.8, 4) is 5.75 Å². The van der Waals surface area contributed by atoms with Gasteiger partial charge in [-0.3, -0.25) is 9.59 Å². The van der Waals surface area contributed by atoms with Crippen LogP contribution in [0, 0.1) is 6.92 Å². The lowest BCUT2D eigenvalue weighted by Gasteiger charge is -2.36. The number of ether oxygens (including phenoxy) is 2. The number of benzene rings is 1. The molecular formula is C19H27NO5. The first kappa shape index (κ1) is 19.2. The lowest BCUT2D eigenvalue weighted by molar-refractivity contribution is -0.150. The molecule has 2 atom stereocenters. The predicted molar refractivity (Wildman–Crippen MR) is 93.9 cm³/mol. The van der Waals surface area contributed by atoms with Gasteiger partial charge in [0.05, 0.1) is 25.7 Å². The van der Waals surface area contributed by atoms with Crippen LogP contribution in [-0.4, -0.2) is 53.8 Å². The average Bonchev–Trinajstić information content (AvgIpc) is 2.53. The van der Waals surface area contributed by atoms with Gasteiger partial charge in [0, 0.05) is 6.54 Å². The zero-order chi connectivity index (χ0) is 18.6. The SMILES string of the molecule is Cc1cc(OC(C)C(=O)N2CCOCC2CC(=O)O)ccc1C(C)C. The highest BCUT2D eigenvalue weighted by Gasteiger charge is 2.32. The Balaban J connectivity index is 2.06. The summed E-state index contributed by atoms with van der Waals surface area (Å²) in [4.78, 5) is 25.3. The van der Waals surface area contributed by atoms with E-state index < -0.39 is 18.1 Å². The molecule has 0 spiro atoms. The van der Waals surface area contributed by atoms with Crippen molar-refractivity contribution in [3.63, 3.8) is 0 Å². The number of hydrogen-bond donors (Lipinski definition) is 1. The minimum Gasteiger partial charge on any atom is -0.481 e. The second-order valence-electron chi connectivity index (χ2n) is 6.79. The van der Waals surface area contributed by atoms with Crippen molar-refractivity contribution in [2.24, 2.45) is 0 Å². The fourth-order valence-corrected chi connectivity index (χ4v) is 3.17. The molecule has 6 heteroatoms. The van der Waals surface area contributed by atoms with Gasteiger partial charge in [0.25, 0.3) is 5.91 Å². The molecule has 6 nitrogen and oxygen atoms in total. The molecule has 1 saturated heterocycles. The van der Waals surface area contributed by atoms with Crippen molar-refractivity contribution in [2.75, 3.05) is 19.8 Å². The number of aryl methyl sites for hydroxylation is 1. The third-order valence-electron chi connectivity index (χ3n) is 4.44. The van der Waals surface area contributed by atoms with E-state index in [0.29, 0.717) is 24.8 Å². The zero-order valence-corrected chi connectivity index (χ0v) is 15.3. The normalized spacial score (nSPS) is 18.9. The lowest BCUT2D eigenvalue weighted by atomic mass is 9.98. The smallest absolute Gasteiger partial charge is 0.305 e.